The topological polar surface area (TPSA) is 175 Å². The van der Waals surface area contributed by atoms with E-state index in [4.69, 9.17) is 14.2 Å². The maximum atomic E-state index is 13.4. The highest BCUT2D eigenvalue weighted by Crippen LogP contribution is 2.26. The van der Waals surface area contributed by atoms with Crippen molar-refractivity contribution < 1.29 is 49.3 Å². The fourth-order valence-corrected chi connectivity index (χ4v) is 9.58. The minimum Gasteiger partial charge on any atom is -0.454 e. The smallest absolute Gasteiger partial charge is 0.306 e. The monoisotopic (exact) mass is 1080 g/mol. The van der Waals surface area contributed by atoms with Crippen LogP contribution in [0, 0.1) is 0 Å². The Bertz CT molecular complexity index is 1530. The van der Waals surface area contributed by atoms with Crippen LogP contribution in [0.25, 0.3) is 0 Å². The van der Waals surface area contributed by atoms with Crippen LogP contribution in [0.4, 0.5) is 0 Å². The molecule has 0 saturated carbocycles. The van der Waals surface area contributed by atoms with Crippen LogP contribution in [0.5, 0.6) is 0 Å². The number of amides is 1. The van der Waals surface area contributed by atoms with Crippen LogP contribution in [-0.4, -0.2) is 99.6 Å². The van der Waals surface area contributed by atoms with Crippen LogP contribution in [0.15, 0.2) is 72.9 Å². The molecule has 0 aromatic rings. The van der Waals surface area contributed by atoms with E-state index in [-0.39, 0.29) is 19.4 Å². The second kappa shape index (κ2) is 53.7. The summed E-state index contributed by atoms with van der Waals surface area (Å²) in [7, 11) is 0. The molecule has 77 heavy (non-hydrogen) atoms. The Balaban J connectivity index is 2.62. The van der Waals surface area contributed by atoms with Gasteiger partial charge in [-0.05, 0) is 89.9 Å². The van der Waals surface area contributed by atoms with Gasteiger partial charge in [-0.15, -0.1) is 0 Å². The predicted molar refractivity (Wildman–Crippen MR) is 319 cm³/mol. The Kier molecular flexibility index (Phi) is 50.3. The quantitative estimate of drug-likeness (QED) is 0.0195. The predicted octanol–water partition coefficient (Wildman–Crippen LogP) is 15.2. The van der Waals surface area contributed by atoms with Crippen molar-refractivity contribution in [3.63, 3.8) is 0 Å². The first-order chi connectivity index (χ1) is 37.7. The molecule has 446 valence electrons. The lowest BCUT2D eigenvalue weighted by Gasteiger charge is -2.41. The van der Waals surface area contributed by atoms with Crippen LogP contribution >= 0.6 is 0 Å². The molecular formula is C66H117NO10. The lowest BCUT2D eigenvalue weighted by Crippen LogP contribution is -2.61. The van der Waals surface area contributed by atoms with Gasteiger partial charge >= 0.3 is 5.97 Å². The van der Waals surface area contributed by atoms with Crippen molar-refractivity contribution in [2.75, 3.05) is 13.2 Å². The van der Waals surface area contributed by atoms with Crippen LogP contribution in [0.3, 0.4) is 0 Å². The van der Waals surface area contributed by atoms with Gasteiger partial charge in [0.05, 0.1) is 25.4 Å². The summed E-state index contributed by atoms with van der Waals surface area (Å²) in [4.78, 5) is 26.5. The molecule has 1 rings (SSSR count). The Morgan fingerprint density at radius 2 is 0.935 bits per heavy atom. The van der Waals surface area contributed by atoms with Gasteiger partial charge in [0.15, 0.2) is 12.4 Å². The molecule has 1 saturated heterocycles. The van der Waals surface area contributed by atoms with E-state index in [1.165, 1.54) is 141 Å². The summed E-state index contributed by atoms with van der Waals surface area (Å²) in [6, 6.07) is -1.04. The van der Waals surface area contributed by atoms with Crippen LogP contribution in [0.1, 0.15) is 271 Å². The zero-order chi connectivity index (χ0) is 56.1. The Morgan fingerprint density at radius 1 is 0.519 bits per heavy atom. The van der Waals surface area contributed by atoms with Crippen LogP contribution < -0.4 is 5.32 Å². The van der Waals surface area contributed by atoms with Gasteiger partial charge in [-0.3, -0.25) is 9.59 Å². The number of aliphatic hydroxyl groups is 5. The van der Waals surface area contributed by atoms with E-state index in [0.29, 0.717) is 12.8 Å². The molecule has 6 N–H and O–H groups in total. The van der Waals surface area contributed by atoms with Crippen molar-refractivity contribution in [2.45, 2.75) is 320 Å². The minimum atomic E-state index is -1.62. The summed E-state index contributed by atoms with van der Waals surface area (Å²) < 4.78 is 17.6. The molecule has 1 heterocycles. The van der Waals surface area contributed by atoms with Crippen molar-refractivity contribution in [2.24, 2.45) is 0 Å². The molecule has 1 amide bonds. The highest BCUT2D eigenvalue weighted by molar-refractivity contribution is 5.80. The standard InChI is InChI=1S/C66H117NO10/c1-4-7-10-13-16-19-22-25-26-27-28-29-30-31-32-33-34-36-39-42-45-48-51-54-61(71)77-64-63(73)62(72)60(55-68)76-66(64)75-56-57(58(69)52-49-46-43-40-37-24-21-18-15-12-9-6-3)67-65(74)59(70)53-50-47-44-41-38-35-23-20-17-14-11-8-5-2/h8,11,16-17,19-20,25-26,35,38,49,52,57-60,62-64,66,68-70,72-73H,4-7,9-10,12-15,18,21-24,27-34,36-37,39-48,50-51,53-56H2,1-3H3,(H,67,74)/b11-8+,19-16-,20-17+,26-25-,38-35+,52-49+. The molecule has 8 atom stereocenters. The third-order valence-corrected chi connectivity index (χ3v) is 14.6. The second-order valence-electron chi connectivity index (χ2n) is 21.8. The first-order valence-corrected chi connectivity index (χ1v) is 31.7. The molecule has 8 unspecified atom stereocenters. The molecule has 0 aromatic carbocycles. The fraction of sp³-hybridized carbons (Fsp3) is 0.788. The largest absolute Gasteiger partial charge is 0.454 e. The SMILES string of the molecule is CC/C=C/C/C=C/C/C=C/CCCCCC(O)C(=O)NC(COC1OC(CO)C(O)C(O)C1OC(=O)CCCCCCCCCCCCCCC/C=C\C/C=C\CCCCC)C(O)/C=C/CCCCCCCCCCCC. The molecule has 1 aliphatic heterocycles. The third-order valence-electron chi connectivity index (χ3n) is 14.6. The summed E-state index contributed by atoms with van der Waals surface area (Å²) in [5, 5.41) is 56.9. The van der Waals surface area contributed by atoms with Crippen molar-refractivity contribution >= 4 is 11.9 Å². The van der Waals surface area contributed by atoms with E-state index in [2.05, 4.69) is 86.8 Å². The van der Waals surface area contributed by atoms with Crippen molar-refractivity contribution in [3.05, 3.63) is 72.9 Å². The number of ether oxygens (including phenoxy) is 3. The maximum Gasteiger partial charge on any atom is 0.306 e. The van der Waals surface area contributed by atoms with Crippen molar-refractivity contribution in [1.29, 1.82) is 0 Å². The van der Waals surface area contributed by atoms with Gasteiger partial charge in [-0.1, -0.05) is 248 Å². The highest BCUT2D eigenvalue weighted by atomic mass is 16.7. The average Bonchev–Trinajstić information content (AvgIpc) is 3.43. The van der Waals surface area contributed by atoms with Gasteiger partial charge in [0.25, 0.3) is 0 Å². The van der Waals surface area contributed by atoms with Gasteiger partial charge in [0.1, 0.15) is 24.4 Å². The zero-order valence-corrected chi connectivity index (χ0v) is 49.3. The van der Waals surface area contributed by atoms with E-state index in [1.807, 2.05) is 6.08 Å². The molecular weight excluding hydrogens is 967 g/mol. The Labute approximate surface area is 471 Å². The van der Waals surface area contributed by atoms with Gasteiger partial charge in [0.2, 0.25) is 5.91 Å². The molecule has 1 aliphatic rings. The molecule has 0 bridgehead atoms. The minimum absolute atomic E-state index is 0.118. The second-order valence-corrected chi connectivity index (χ2v) is 21.8. The number of hydrogen-bond donors (Lipinski definition) is 6. The fourth-order valence-electron chi connectivity index (χ4n) is 9.58. The van der Waals surface area contributed by atoms with Crippen LogP contribution in [-0.2, 0) is 23.8 Å². The molecule has 11 nitrogen and oxygen atoms in total. The lowest BCUT2D eigenvalue weighted by molar-refractivity contribution is -0.305. The summed E-state index contributed by atoms with van der Waals surface area (Å²) in [5.41, 5.74) is 0. The van der Waals surface area contributed by atoms with Gasteiger partial charge in [-0.2, -0.15) is 0 Å². The molecule has 0 spiro atoms. The van der Waals surface area contributed by atoms with E-state index in [1.54, 1.807) is 6.08 Å². The maximum absolute atomic E-state index is 13.4. The zero-order valence-electron chi connectivity index (χ0n) is 49.3. The number of nitrogens with one attached hydrogen (secondary N) is 1. The molecule has 1 fully saturated rings. The summed E-state index contributed by atoms with van der Waals surface area (Å²) in [6.07, 6.45) is 58.0. The lowest BCUT2D eigenvalue weighted by atomic mass is 9.99. The summed E-state index contributed by atoms with van der Waals surface area (Å²) in [6.45, 7) is 5.64. The number of carbonyl (C=O) groups is 2. The number of unbranched alkanes of at least 4 members (excludes halogenated alkanes) is 29. The van der Waals surface area contributed by atoms with Crippen molar-refractivity contribution in [3.8, 4) is 0 Å². The number of rotatable bonds is 53. The van der Waals surface area contributed by atoms with E-state index >= 15 is 0 Å². The number of hydrogen-bond acceptors (Lipinski definition) is 10. The Hall–Kier alpha value is -2.90. The van der Waals surface area contributed by atoms with Gasteiger partial charge in [0, 0.05) is 6.42 Å². The van der Waals surface area contributed by atoms with E-state index in [0.717, 1.165) is 83.5 Å². The molecule has 0 aliphatic carbocycles. The normalized spacial score (nSPS) is 19.5. The van der Waals surface area contributed by atoms with Gasteiger partial charge < -0.3 is 45.1 Å². The third kappa shape index (κ3) is 41.7. The first kappa shape index (κ1) is 72.1. The molecule has 11 heteroatoms. The van der Waals surface area contributed by atoms with Crippen molar-refractivity contribution in [1.82, 2.24) is 5.32 Å². The number of allylic oxidation sites excluding steroid dienone is 11. The highest BCUT2D eigenvalue weighted by Gasteiger charge is 2.47. The summed E-state index contributed by atoms with van der Waals surface area (Å²) in [5.74, 6) is -1.22. The average molecular weight is 1080 g/mol. The molecule has 0 aromatic heterocycles. The van der Waals surface area contributed by atoms with E-state index in [9.17, 15) is 35.1 Å². The number of carbonyl (C=O) groups excluding carboxylic acids is 2. The molecule has 0 radical (unpaired) electrons. The number of esters is 1. The summed E-state index contributed by atoms with van der Waals surface area (Å²) >= 11 is 0. The first-order valence-electron chi connectivity index (χ1n) is 31.7. The number of aliphatic hydroxyl groups excluding tert-OH is 5. The van der Waals surface area contributed by atoms with Crippen LogP contribution in [0.2, 0.25) is 0 Å². The van der Waals surface area contributed by atoms with E-state index < -0.39 is 67.4 Å². The Morgan fingerprint density at radius 3 is 1.43 bits per heavy atom. The van der Waals surface area contributed by atoms with Gasteiger partial charge in [-0.25, -0.2) is 0 Å².